The molecule has 0 saturated heterocycles. The summed E-state index contributed by atoms with van der Waals surface area (Å²) in [5.74, 6) is -0.402. The molecule has 2 aromatic carbocycles. The Morgan fingerprint density at radius 3 is 2.46 bits per heavy atom. The van der Waals surface area contributed by atoms with Crippen LogP contribution < -0.4 is 0 Å². The van der Waals surface area contributed by atoms with Crippen LogP contribution in [0.4, 0.5) is 4.39 Å². The van der Waals surface area contributed by atoms with E-state index in [1.165, 1.54) is 36.9 Å². The summed E-state index contributed by atoms with van der Waals surface area (Å²) >= 11 is 7.45. The monoisotopic (exact) mass is 435 g/mol. The number of pyridine rings is 1. The molecule has 1 aliphatic carbocycles. The second-order valence-corrected chi connectivity index (χ2v) is 10.6. The molecule has 28 heavy (non-hydrogen) atoms. The molecule has 1 fully saturated rings. The standard InChI is InChI=1S/C21H19ClFNO2S2/c22-14-6-9-17(10-7-14)28(25,26)20-13-24-19-11-8-15(23)12-18(19)21(20)27-16-4-2-1-3-5-16/h6-13,16H,1-5H2. The van der Waals surface area contributed by atoms with Gasteiger partial charge in [-0.25, -0.2) is 12.8 Å². The van der Waals surface area contributed by atoms with Crippen molar-refractivity contribution in [3.63, 3.8) is 0 Å². The zero-order valence-corrected chi connectivity index (χ0v) is 17.5. The van der Waals surface area contributed by atoms with Crippen molar-refractivity contribution in [1.29, 1.82) is 0 Å². The predicted octanol–water partition coefficient (Wildman–Crippen LogP) is 6.28. The van der Waals surface area contributed by atoms with Crippen LogP contribution in [0.25, 0.3) is 10.9 Å². The normalized spacial score (nSPS) is 15.8. The summed E-state index contributed by atoms with van der Waals surface area (Å²) in [6, 6.07) is 10.4. The molecule has 0 spiro atoms. The van der Waals surface area contributed by atoms with Gasteiger partial charge in [0.15, 0.2) is 0 Å². The van der Waals surface area contributed by atoms with Crippen LogP contribution in [0, 0.1) is 5.82 Å². The molecule has 0 amide bonds. The number of fused-ring (bicyclic) bond motifs is 1. The lowest BCUT2D eigenvalue weighted by molar-refractivity contribution is 0.516. The van der Waals surface area contributed by atoms with E-state index in [4.69, 9.17) is 11.6 Å². The molecular formula is C21H19ClFNO2S2. The topological polar surface area (TPSA) is 47.0 Å². The van der Waals surface area contributed by atoms with Gasteiger partial charge in [-0.2, -0.15) is 0 Å². The molecule has 3 nitrogen and oxygen atoms in total. The molecule has 3 aromatic rings. The van der Waals surface area contributed by atoms with Gasteiger partial charge in [0.1, 0.15) is 10.7 Å². The number of rotatable bonds is 4. The van der Waals surface area contributed by atoms with Gasteiger partial charge < -0.3 is 0 Å². The molecule has 1 saturated carbocycles. The van der Waals surface area contributed by atoms with E-state index < -0.39 is 15.7 Å². The summed E-state index contributed by atoms with van der Waals surface area (Å²) in [4.78, 5) is 5.17. The Hall–Kier alpha value is -1.63. The first-order valence-corrected chi connectivity index (χ1v) is 11.9. The molecule has 0 atom stereocenters. The Morgan fingerprint density at radius 1 is 1.04 bits per heavy atom. The molecule has 4 rings (SSSR count). The van der Waals surface area contributed by atoms with Crippen LogP contribution >= 0.6 is 23.4 Å². The molecule has 7 heteroatoms. The van der Waals surface area contributed by atoms with Crippen molar-refractivity contribution in [2.75, 3.05) is 0 Å². The van der Waals surface area contributed by atoms with Crippen molar-refractivity contribution in [2.24, 2.45) is 0 Å². The summed E-state index contributed by atoms with van der Waals surface area (Å²) in [5.41, 5.74) is 0.592. The molecule has 0 N–H and O–H groups in total. The zero-order chi connectivity index (χ0) is 19.7. The quantitative estimate of drug-likeness (QED) is 0.483. The van der Waals surface area contributed by atoms with Crippen LogP contribution in [0.3, 0.4) is 0 Å². The number of sulfone groups is 1. The first kappa shape index (κ1) is 19.7. The van der Waals surface area contributed by atoms with Gasteiger partial charge in [-0.05, 0) is 55.3 Å². The van der Waals surface area contributed by atoms with Crippen LogP contribution in [0.2, 0.25) is 5.02 Å². The summed E-state index contributed by atoms with van der Waals surface area (Å²) in [5, 5.41) is 1.34. The van der Waals surface area contributed by atoms with E-state index in [0.29, 0.717) is 26.1 Å². The molecular weight excluding hydrogens is 417 g/mol. The Bertz CT molecular complexity index is 1110. The summed E-state index contributed by atoms with van der Waals surface area (Å²) in [7, 11) is -3.81. The fourth-order valence-corrected chi connectivity index (χ4v) is 6.78. The van der Waals surface area contributed by atoms with Crippen LogP contribution in [-0.4, -0.2) is 18.7 Å². The van der Waals surface area contributed by atoms with Gasteiger partial charge in [-0.15, -0.1) is 11.8 Å². The number of halogens is 2. The van der Waals surface area contributed by atoms with Gasteiger partial charge in [-0.1, -0.05) is 30.9 Å². The van der Waals surface area contributed by atoms with E-state index in [-0.39, 0.29) is 9.79 Å². The minimum absolute atomic E-state index is 0.128. The second kappa shape index (κ2) is 8.01. The number of hydrogen-bond acceptors (Lipinski definition) is 4. The first-order valence-electron chi connectivity index (χ1n) is 9.21. The third-order valence-electron chi connectivity index (χ3n) is 5.00. The van der Waals surface area contributed by atoms with Gasteiger partial charge in [0, 0.05) is 26.8 Å². The summed E-state index contributed by atoms with van der Waals surface area (Å²) < 4.78 is 40.7. The second-order valence-electron chi connectivity index (χ2n) is 6.95. The molecule has 1 aromatic heterocycles. The third-order valence-corrected chi connectivity index (χ3v) is 8.64. The first-order chi connectivity index (χ1) is 13.4. The van der Waals surface area contributed by atoms with E-state index in [1.807, 2.05) is 0 Å². The van der Waals surface area contributed by atoms with E-state index in [1.54, 1.807) is 30.0 Å². The summed E-state index contributed by atoms with van der Waals surface area (Å²) in [6.07, 6.45) is 6.94. The van der Waals surface area contributed by atoms with Crippen molar-refractivity contribution in [3.8, 4) is 0 Å². The maximum absolute atomic E-state index is 14.0. The third kappa shape index (κ3) is 3.91. The van der Waals surface area contributed by atoms with Gasteiger partial charge in [-0.3, -0.25) is 4.98 Å². The van der Waals surface area contributed by atoms with Crippen molar-refractivity contribution < 1.29 is 12.8 Å². The van der Waals surface area contributed by atoms with Crippen molar-refractivity contribution >= 4 is 44.1 Å². The predicted molar refractivity (Wildman–Crippen MR) is 111 cm³/mol. The lowest BCUT2D eigenvalue weighted by atomic mass is 10.0. The number of hydrogen-bond donors (Lipinski definition) is 0. The van der Waals surface area contributed by atoms with Gasteiger partial charge >= 0.3 is 0 Å². The Labute approximate surface area is 173 Å². The lowest BCUT2D eigenvalue weighted by Gasteiger charge is -2.23. The highest BCUT2D eigenvalue weighted by molar-refractivity contribution is 8.01. The van der Waals surface area contributed by atoms with Crippen LogP contribution in [-0.2, 0) is 9.84 Å². The zero-order valence-electron chi connectivity index (χ0n) is 15.1. The highest BCUT2D eigenvalue weighted by Crippen LogP contribution is 2.41. The Morgan fingerprint density at radius 2 is 1.75 bits per heavy atom. The van der Waals surface area contributed by atoms with Crippen molar-refractivity contribution in [1.82, 2.24) is 4.98 Å². The Balaban J connectivity index is 1.89. The maximum Gasteiger partial charge on any atom is 0.209 e. The summed E-state index contributed by atoms with van der Waals surface area (Å²) in [6.45, 7) is 0. The van der Waals surface area contributed by atoms with E-state index >= 15 is 0 Å². The number of nitrogens with zero attached hydrogens (tertiary/aromatic N) is 1. The minimum Gasteiger partial charge on any atom is -0.255 e. The van der Waals surface area contributed by atoms with Gasteiger partial charge in [0.2, 0.25) is 9.84 Å². The fourth-order valence-electron chi connectivity index (χ4n) is 3.53. The molecule has 146 valence electrons. The van der Waals surface area contributed by atoms with E-state index in [9.17, 15) is 12.8 Å². The highest BCUT2D eigenvalue weighted by atomic mass is 35.5. The fraction of sp³-hybridized carbons (Fsp3) is 0.286. The number of thioether (sulfide) groups is 1. The minimum atomic E-state index is -3.81. The van der Waals surface area contributed by atoms with Crippen molar-refractivity contribution in [3.05, 3.63) is 59.5 Å². The smallest absolute Gasteiger partial charge is 0.209 e. The van der Waals surface area contributed by atoms with Crippen molar-refractivity contribution in [2.45, 2.75) is 52.0 Å². The molecule has 0 unspecified atom stereocenters. The van der Waals surface area contributed by atoms with Crippen LogP contribution in [0.15, 0.2) is 63.3 Å². The largest absolute Gasteiger partial charge is 0.255 e. The van der Waals surface area contributed by atoms with Crippen LogP contribution in [0.1, 0.15) is 32.1 Å². The number of aromatic nitrogens is 1. The van der Waals surface area contributed by atoms with Gasteiger partial charge in [0.05, 0.1) is 10.4 Å². The van der Waals surface area contributed by atoms with E-state index in [2.05, 4.69) is 4.98 Å². The Kier molecular flexibility index (Phi) is 5.63. The van der Waals surface area contributed by atoms with Crippen LogP contribution in [0.5, 0.6) is 0 Å². The molecule has 0 bridgehead atoms. The number of benzene rings is 2. The molecule has 0 radical (unpaired) electrons. The SMILES string of the molecule is O=S(=O)(c1ccc(Cl)cc1)c1cnc2ccc(F)cc2c1SC1CCCCC1. The molecule has 0 aliphatic heterocycles. The average molecular weight is 436 g/mol. The maximum atomic E-state index is 14.0. The molecule has 1 aliphatic rings. The molecule has 1 heterocycles. The van der Waals surface area contributed by atoms with E-state index in [0.717, 1.165) is 25.7 Å². The average Bonchev–Trinajstić information content (AvgIpc) is 2.69. The lowest BCUT2D eigenvalue weighted by Crippen LogP contribution is -2.10. The highest BCUT2D eigenvalue weighted by Gasteiger charge is 2.26. The van der Waals surface area contributed by atoms with Gasteiger partial charge in [0.25, 0.3) is 0 Å².